The molecule has 4 rings (SSSR count). The van der Waals surface area contributed by atoms with Gasteiger partial charge >= 0.3 is 12.0 Å². The molecule has 0 spiro atoms. The van der Waals surface area contributed by atoms with Gasteiger partial charge in [0, 0.05) is 10.6 Å². The van der Waals surface area contributed by atoms with E-state index in [1.165, 1.54) is 43.5 Å². The van der Waals surface area contributed by atoms with Crippen molar-refractivity contribution in [3.63, 3.8) is 0 Å². The van der Waals surface area contributed by atoms with Gasteiger partial charge in [-0.3, -0.25) is 14.9 Å². The molecular formula is C26H17Cl3N2O6. The van der Waals surface area contributed by atoms with Gasteiger partial charge in [0.2, 0.25) is 0 Å². The summed E-state index contributed by atoms with van der Waals surface area (Å²) < 4.78 is 10.5. The number of nitrogens with zero attached hydrogens (tertiary/aromatic N) is 1. The molecule has 0 aromatic heterocycles. The number of barbiturate groups is 1. The molecular weight excluding hydrogens is 543 g/mol. The second-order valence-electron chi connectivity index (χ2n) is 7.72. The van der Waals surface area contributed by atoms with E-state index in [1.807, 2.05) is 0 Å². The summed E-state index contributed by atoms with van der Waals surface area (Å²) in [7, 11) is 1.24. The smallest absolute Gasteiger partial charge is 0.337 e. The van der Waals surface area contributed by atoms with Crippen molar-refractivity contribution in [2.75, 3.05) is 12.0 Å². The Kier molecular flexibility index (Phi) is 7.83. The number of benzene rings is 3. The van der Waals surface area contributed by atoms with Gasteiger partial charge in [-0.15, -0.1) is 0 Å². The molecule has 0 saturated carbocycles. The van der Waals surface area contributed by atoms with E-state index in [0.29, 0.717) is 26.4 Å². The number of hydrogen-bond donors (Lipinski definition) is 1. The first-order valence-corrected chi connectivity index (χ1v) is 11.8. The van der Waals surface area contributed by atoms with E-state index >= 15 is 0 Å². The lowest BCUT2D eigenvalue weighted by molar-refractivity contribution is -0.122. The van der Waals surface area contributed by atoms with Crippen molar-refractivity contribution in [1.82, 2.24) is 5.32 Å². The van der Waals surface area contributed by atoms with Crippen LogP contribution >= 0.6 is 34.8 Å². The van der Waals surface area contributed by atoms with Gasteiger partial charge in [-0.2, -0.15) is 0 Å². The minimum absolute atomic E-state index is 0.117. The second kappa shape index (κ2) is 11.0. The summed E-state index contributed by atoms with van der Waals surface area (Å²) >= 11 is 18.2. The fraction of sp³-hybridized carbons (Fsp3) is 0.0769. The van der Waals surface area contributed by atoms with Gasteiger partial charge in [0.05, 0.1) is 28.4 Å². The van der Waals surface area contributed by atoms with Crippen molar-refractivity contribution in [3.05, 3.63) is 98.0 Å². The third kappa shape index (κ3) is 5.77. The van der Waals surface area contributed by atoms with Gasteiger partial charge in [0.25, 0.3) is 11.8 Å². The quantitative estimate of drug-likeness (QED) is 0.237. The number of anilines is 1. The molecule has 3 aromatic rings. The molecule has 1 N–H and O–H groups in total. The van der Waals surface area contributed by atoms with E-state index in [-0.39, 0.29) is 23.4 Å². The van der Waals surface area contributed by atoms with E-state index in [4.69, 9.17) is 39.5 Å². The molecule has 0 aliphatic carbocycles. The molecule has 4 amide bonds. The summed E-state index contributed by atoms with van der Waals surface area (Å²) in [5.74, 6) is -2.00. The number of rotatable bonds is 6. The Morgan fingerprint density at radius 3 is 2.35 bits per heavy atom. The molecule has 11 heteroatoms. The summed E-state index contributed by atoms with van der Waals surface area (Å²) in [6.07, 6.45) is 1.29. The number of esters is 1. The van der Waals surface area contributed by atoms with E-state index in [1.54, 1.807) is 30.3 Å². The van der Waals surface area contributed by atoms with E-state index < -0.39 is 23.8 Å². The zero-order chi connectivity index (χ0) is 26.7. The number of imide groups is 2. The molecule has 1 aliphatic rings. The molecule has 8 nitrogen and oxygen atoms in total. The van der Waals surface area contributed by atoms with Crippen LogP contribution in [0.5, 0.6) is 5.75 Å². The number of amides is 4. The summed E-state index contributed by atoms with van der Waals surface area (Å²) in [5, 5.41) is 3.26. The number of halogens is 3. The van der Waals surface area contributed by atoms with Crippen LogP contribution in [-0.4, -0.2) is 30.9 Å². The largest absolute Gasteiger partial charge is 0.488 e. The lowest BCUT2D eigenvalue weighted by atomic mass is 10.1. The molecule has 188 valence electrons. The Balaban J connectivity index is 1.64. The molecule has 3 aromatic carbocycles. The Morgan fingerprint density at radius 2 is 1.68 bits per heavy atom. The lowest BCUT2D eigenvalue weighted by Gasteiger charge is -2.26. The standard InChI is InChI=1S/C26H17Cl3N2O6/c1-36-25(34)15-3-6-18(7-4-15)31-24(33)19(23(32)30-26(31)35)12-16-11-17(27)5-9-22(16)37-13-14-2-8-20(28)21(29)10-14/h2-12H,13H2,1H3,(H,30,32,35)/b19-12+. The van der Waals surface area contributed by atoms with Crippen LogP contribution in [-0.2, 0) is 20.9 Å². The number of ether oxygens (including phenoxy) is 2. The molecule has 0 radical (unpaired) electrons. The minimum Gasteiger partial charge on any atom is -0.488 e. The molecule has 0 unspecified atom stereocenters. The SMILES string of the molecule is COC(=O)c1ccc(N2C(=O)NC(=O)/C(=C\c3cc(Cl)ccc3OCc3ccc(Cl)c(Cl)c3)C2=O)cc1. The highest BCUT2D eigenvalue weighted by atomic mass is 35.5. The molecule has 1 aliphatic heterocycles. The van der Waals surface area contributed by atoms with Gasteiger partial charge in [-0.05, 0) is 66.2 Å². The van der Waals surface area contributed by atoms with Crippen molar-refractivity contribution in [1.29, 1.82) is 0 Å². The van der Waals surface area contributed by atoms with E-state index in [0.717, 1.165) is 10.5 Å². The average molecular weight is 560 g/mol. The maximum absolute atomic E-state index is 13.3. The fourth-order valence-electron chi connectivity index (χ4n) is 3.47. The molecule has 37 heavy (non-hydrogen) atoms. The number of carbonyl (C=O) groups is 4. The molecule has 1 saturated heterocycles. The Morgan fingerprint density at radius 1 is 0.946 bits per heavy atom. The van der Waals surface area contributed by atoms with Crippen LogP contribution in [0, 0.1) is 0 Å². The van der Waals surface area contributed by atoms with Crippen molar-refractivity contribution in [3.8, 4) is 5.75 Å². The summed E-state index contributed by atoms with van der Waals surface area (Å²) in [6, 6.07) is 14.4. The molecule has 0 atom stereocenters. The van der Waals surface area contributed by atoms with Crippen molar-refractivity contribution >= 4 is 70.4 Å². The van der Waals surface area contributed by atoms with Crippen molar-refractivity contribution < 1.29 is 28.7 Å². The van der Waals surface area contributed by atoms with Gasteiger partial charge in [0.15, 0.2) is 0 Å². The maximum atomic E-state index is 13.3. The average Bonchev–Trinajstić information content (AvgIpc) is 2.87. The predicted octanol–water partition coefficient (Wildman–Crippen LogP) is 5.68. The van der Waals surface area contributed by atoms with E-state index in [2.05, 4.69) is 10.1 Å². The van der Waals surface area contributed by atoms with Crippen molar-refractivity contribution in [2.24, 2.45) is 0 Å². The monoisotopic (exact) mass is 558 g/mol. The maximum Gasteiger partial charge on any atom is 0.337 e. The topological polar surface area (TPSA) is 102 Å². The van der Waals surface area contributed by atoms with Crippen LogP contribution in [0.25, 0.3) is 6.08 Å². The Bertz CT molecular complexity index is 1450. The van der Waals surface area contributed by atoms with Crippen LogP contribution in [0.4, 0.5) is 10.5 Å². The van der Waals surface area contributed by atoms with Gasteiger partial charge in [-0.25, -0.2) is 14.5 Å². The first-order chi connectivity index (χ1) is 17.7. The summed E-state index contributed by atoms with van der Waals surface area (Å²) in [6.45, 7) is 0.117. The normalized spacial score (nSPS) is 14.5. The molecule has 1 heterocycles. The van der Waals surface area contributed by atoms with Crippen LogP contribution in [0.3, 0.4) is 0 Å². The third-order valence-electron chi connectivity index (χ3n) is 5.30. The number of carbonyl (C=O) groups excluding carboxylic acids is 4. The van der Waals surface area contributed by atoms with Gasteiger partial charge in [-0.1, -0.05) is 40.9 Å². The number of hydrogen-bond acceptors (Lipinski definition) is 6. The Labute approximate surface area is 226 Å². The molecule has 0 bridgehead atoms. The molecule has 1 fully saturated rings. The lowest BCUT2D eigenvalue weighted by Crippen LogP contribution is -2.54. The van der Waals surface area contributed by atoms with E-state index in [9.17, 15) is 19.2 Å². The van der Waals surface area contributed by atoms with Crippen LogP contribution < -0.4 is 15.0 Å². The number of nitrogens with one attached hydrogen (secondary N) is 1. The van der Waals surface area contributed by atoms with Gasteiger partial charge < -0.3 is 9.47 Å². The van der Waals surface area contributed by atoms with Crippen LogP contribution in [0.1, 0.15) is 21.5 Å². The van der Waals surface area contributed by atoms with Crippen LogP contribution in [0.15, 0.2) is 66.2 Å². The summed E-state index contributed by atoms with van der Waals surface area (Å²) in [5.41, 5.74) is 1.13. The fourth-order valence-corrected chi connectivity index (χ4v) is 3.97. The predicted molar refractivity (Wildman–Crippen MR) is 139 cm³/mol. The van der Waals surface area contributed by atoms with Gasteiger partial charge in [0.1, 0.15) is 17.9 Å². The number of urea groups is 1. The Hall–Kier alpha value is -3.85. The minimum atomic E-state index is -0.930. The first-order valence-electron chi connectivity index (χ1n) is 10.6. The zero-order valence-electron chi connectivity index (χ0n) is 19.1. The number of methoxy groups -OCH3 is 1. The summed E-state index contributed by atoms with van der Waals surface area (Å²) in [4.78, 5) is 50.9. The van der Waals surface area contributed by atoms with Crippen molar-refractivity contribution in [2.45, 2.75) is 6.61 Å². The van der Waals surface area contributed by atoms with Crippen LogP contribution in [0.2, 0.25) is 15.1 Å². The highest BCUT2D eigenvalue weighted by molar-refractivity contribution is 6.42. The first kappa shape index (κ1) is 26.2. The second-order valence-corrected chi connectivity index (χ2v) is 8.97. The highest BCUT2D eigenvalue weighted by Crippen LogP contribution is 2.29. The highest BCUT2D eigenvalue weighted by Gasteiger charge is 2.37. The third-order valence-corrected chi connectivity index (χ3v) is 6.27. The zero-order valence-corrected chi connectivity index (χ0v) is 21.4.